The number of phenols is 2. The number of ether oxygens (including phenoxy) is 2. The molecular weight excluding hydrogens is 524 g/mol. The van der Waals surface area contributed by atoms with Crippen LogP contribution < -0.4 is 9.47 Å². The van der Waals surface area contributed by atoms with Gasteiger partial charge in [0.1, 0.15) is 23.0 Å². The molecule has 0 aliphatic carbocycles. The van der Waals surface area contributed by atoms with Gasteiger partial charge in [-0.1, -0.05) is 0 Å². The second-order valence-electron chi connectivity index (χ2n) is 12.4. The molecule has 2 aliphatic rings. The van der Waals surface area contributed by atoms with E-state index in [9.17, 15) is 30.0 Å². The third-order valence-electron chi connectivity index (χ3n) is 10.3. The topological polar surface area (TPSA) is 134 Å². The lowest BCUT2D eigenvalue weighted by molar-refractivity contribution is -0.166. The van der Waals surface area contributed by atoms with E-state index in [1.807, 2.05) is 55.4 Å². The second-order valence-corrected chi connectivity index (χ2v) is 12.4. The fourth-order valence-electron chi connectivity index (χ4n) is 6.75. The molecule has 0 aromatic heterocycles. The molecule has 41 heavy (non-hydrogen) atoms. The predicted molar refractivity (Wildman–Crippen MR) is 155 cm³/mol. The van der Waals surface area contributed by atoms with Gasteiger partial charge in [0.05, 0.1) is 12.2 Å². The van der Waals surface area contributed by atoms with E-state index in [1.54, 1.807) is 0 Å². The van der Waals surface area contributed by atoms with Crippen LogP contribution >= 0.6 is 0 Å². The van der Waals surface area contributed by atoms with Crippen molar-refractivity contribution in [2.75, 3.05) is 0 Å². The molecule has 4 N–H and O–H groups in total. The van der Waals surface area contributed by atoms with Crippen molar-refractivity contribution >= 4 is 11.9 Å². The normalized spacial score (nSPS) is 21.9. The Morgan fingerprint density at radius 2 is 1.00 bits per heavy atom. The highest BCUT2D eigenvalue weighted by atomic mass is 16.5. The minimum atomic E-state index is -1.94. The van der Waals surface area contributed by atoms with Crippen molar-refractivity contribution in [3.8, 4) is 23.0 Å². The lowest BCUT2D eigenvalue weighted by Crippen LogP contribution is -2.42. The monoisotopic (exact) mass is 568 g/mol. The zero-order valence-electron chi connectivity index (χ0n) is 25.5. The molecular formula is C33H44O8. The van der Waals surface area contributed by atoms with Crippen molar-refractivity contribution in [2.24, 2.45) is 17.3 Å². The van der Waals surface area contributed by atoms with Crippen LogP contribution in [0.1, 0.15) is 84.0 Å². The quantitative estimate of drug-likeness (QED) is 0.275. The summed E-state index contributed by atoms with van der Waals surface area (Å²) < 4.78 is 12.6. The molecule has 0 spiro atoms. The van der Waals surface area contributed by atoms with Crippen LogP contribution in [0.4, 0.5) is 0 Å². The summed E-state index contributed by atoms with van der Waals surface area (Å²) in [5.41, 5.74) is 4.70. The maximum Gasteiger partial charge on any atom is 0.321 e. The second kappa shape index (κ2) is 11.1. The van der Waals surface area contributed by atoms with Gasteiger partial charge in [-0.25, -0.2) is 0 Å². The van der Waals surface area contributed by atoms with Crippen LogP contribution in [0.3, 0.4) is 0 Å². The van der Waals surface area contributed by atoms with E-state index in [2.05, 4.69) is 0 Å². The average molecular weight is 569 g/mol. The molecule has 2 aromatic carbocycles. The molecule has 0 fully saturated rings. The third kappa shape index (κ3) is 5.10. The lowest BCUT2D eigenvalue weighted by Gasteiger charge is -2.37. The smallest absolute Gasteiger partial charge is 0.321 e. The summed E-state index contributed by atoms with van der Waals surface area (Å²) in [6.07, 6.45) is 1.37. The number of phenolic OH excluding ortho intramolecular Hbond substituents is 2. The molecule has 4 unspecified atom stereocenters. The highest BCUT2D eigenvalue weighted by molar-refractivity contribution is 5.98. The summed E-state index contributed by atoms with van der Waals surface area (Å²) in [7, 11) is 0. The van der Waals surface area contributed by atoms with E-state index >= 15 is 0 Å². The Labute approximate surface area is 242 Å². The van der Waals surface area contributed by atoms with E-state index in [1.165, 1.54) is 0 Å². The summed E-state index contributed by atoms with van der Waals surface area (Å²) in [4.78, 5) is 25.2. The van der Waals surface area contributed by atoms with Gasteiger partial charge in [0.2, 0.25) is 0 Å². The molecule has 0 radical (unpaired) electrons. The van der Waals surface area contributed by atoms with Crippen molar-refractivity contribution in [1.82, 2.24) is 0 Å². The summed E-state index contributed by atoms with van der Waals surface area (Å²) in [5, 5.41) is 41.8. The average Bonchev–Trinajstić information content (AvgIpc) is 2.93. The van der Waals surface area contributed by atoms with Gasteiger partial charge in [-0.2, -0.15) is 0 Å². The molecule has 0 saturated carbocycles. The Hall–Kier alpha value is -3.42. The SMILES string of the molecule is Cc1c(C)c2c(c(C)c1O)CC(CCC(CCC1Cc3c(C)c(O)c(C)c(C)c3OC1C)(C(=O)O)C(=O)O)C(C)O2. The molecule has 8 heteroatoms. The van der Waals surface area contributed by atoms with Gasteiger partial charge in [-0.15, -0.1) is 0 Å². The van der Waals surface area contributed by atoms with Crippen LogP contribution in [0, 0.1) is 58.8 Å². The van der Waals surface area contributed by atoms with Crippen LogP contribution in [-0.2, 0) is 22.4 Å². The molecule has 4 atom stereocenters. The number of aliphatic carboxylic acids is 2. The Kier molecular flexibility index (Phi) is 8.27. The summed E-state index contributed by atoms with van der Waals surface area (Å²) >= 11 is 0. The molecule has 4 rings (SSSR count). The predicted octanol–water partition coefficient (Wildman–Crippen LogP) is 6.24. The van der Waals surface area contributed by atoms with Crippen molar-refractivity contribution in [2.45, 2.75) is 106 Å². The number of carbonyl (C=O) groups is 2. The van der Waals surface area contributed by atoms with E-state index in [0.29, 0.717) is 25.7 Å². The summed E-state index contributed by atoms with van der Waals surface area (Å²) in [6, 6.07) is 0. The maximum atomic E-state index is 12.6. The largest absolute Gasteiger partial charge is 0.507 e. The van der Waals surface area contributed by atoms with E-state index in [4.69, 9.17) is 9.47 Å². The van der Waals surface area contributed by atoms with Crippen LogP contribution in [0.2, 0.25) is 0 Å². The molecule has 2 heterocycles. The van der Waals surface area contributed by atoms with E-state index < -0.39 is 17.4 Å². The van der Waals surface area contributed by atoms with Crippen molar-refractivity contribution in [3.05, 3.63) is 44.5 Å². The first-order valence-corrected chi connectivity index (χ1v) is 14.6. The minimum Gasteiger partial charge on any atom is -0.507 e. The van der Waals surface area contributed by atoms with Crippen molar-refractivity contribution in [1.29, 1.82) is 0 Å². The molecule has 0 saturated heterocycles. The number of rotatable bonds is 8. The molecule has 224 valence electrons. The first-order valence-electron chi connectivity index (χ1n) is 14.6. The standard InChI is InChI=1S/C33H44O8/c1-15-17(3)29-25(19(5)27(15)34)13-23(21(7)40-29)9-11-33(31(36)37,32(38)39)12-10-24-14-26-20(6)28(35)16(2)18(4)30(26)41-22(24)8/h21-24,34-35H,9-14H2,1-8H3,(H,36,37)(H,38,39). The van der Waals surface area contributed by atoms with Crippen LogP contribution in [0.15, 0.2) is 0 Å². The molecule has 2 aromatic rings. The van der Waals surface area contributed by atoms with Crippen molar-refractivity contribution in [3.63, 3.8) is 0 Å². The fraction of sp³-hybridized carbons (Fsp3) is 0.576. The number of benzene rings is 2. The molecule has 2 aliphatic heterocycles. The van der Waals surface area contributed by atoms with E-state index in [-0.39, 0.29) is 48.4 Å². The number of carboxylic acid groups (broad SMARTS) is 2. The number of hydrogen-bond donors (Lipinski definition) is 4. The number of aromatic hydroxyl groups is 2. The lowest BCUT2D eigenvalue weighted by atomic mass is 9.72. The van der Waals surface area contributed by atoms with Crippen LogP contribution in [0.25, 0.3) is 0 Å². The van der Waals surface area contributed by atoms with Gasteiger partial charge >= 0.3 is 11.9 Å². The van der Waals surface area contributed by atoms with Gasteiger partial charge < -0.3 is 29.9 Å². The highest BCUT2D eigenvalue weighted by Gasteiger charge is 2.48. The number of hydrogen-bond acceptors (Lipinski definition) is 6. The Morgan fingerprint density at radius 1 is 0.659 bits per heavy atom. The van der Waals surface area contributed by atoms with Gasteiger partial charge in [-0.05, 0) is 139 Å². The van der Waals surface area contributed by atoms with Crippen molar-refractivity contribution < 1.29 is 39.5 Å². The highest BCUT2D eigenvalue weighted by Crippen LogP contribution is 2.46. The maximum absolute atomic E-state index is 12.6. The minimum absolute atomic E-state index is 0.0299. The molecule has 0 bridgehead atoms. The van der Waals surface area contributed by atoms with Gasteiger partial charge in [0.25, 0.3) is 0 Å². The summed E-state index contributed by atoms with van der Waals surface area (Å²) in [6.45, 7) is 15.1. The Bertz CT molecular complexity index is 1290. The first kappa shape index (κ1) is 30.5. The number of fused-ring (bicyclic) bond motifs is 2. The van der Waals surface area contributed by atoms with Gasteiger partial charge in [-0.3, -0.25) is 9.59 Å². The first-order chi connectivity index (χ1) is 19.1. The van der Waals surface area contributed by atoms with Gasteiger partial charge in [0.15, 0.2) is 5.41 Å². The van der Waals surface area contributed by atoms with Gasteiger partial charge in [0, 0.05) is 11.1 Å². The Morgan fingerprint density at radius 3 is 1.32 bits per heavy atom. The number of carboxylic acids is 2. The summed E-state index contributed by atoms with van der Waals surface area (Å²) in [5.74, 6) is -0.848. The molecule has 8 nitrogen and oxygen atoms in total. The Balaban J connectivity index is 1.54. The van der Waals surface area contributed by atoms with Crippen LogP contribution in [0.5, 0.6) is 23.0 Å². The van der Waals surface area contributed by atoms with Crippen LogP contribution in [-0.4, -0.2) is 44.6 Å². The third-order valence-corrected chi connectivity index (χ3v) is 10.3. The fourth-order valence-corrected chi connectivity index (χ4v) is 6.75. The van der Waals surface area contributed by atoms with E-state index in [0.717, 1.165) is 56.0 Å². The zero-order chi connectivity index (χ0) is 30.5. The molecule has 0 amide bonds. The zero-order valence-corrected chi connectivity index (χ0v) is 25.5.